The molecule has 1 aromatic heterocycles. The lowest BCUT2D eigenvalue weighted by Crippen LogP contribution is -2.43. The van der Waals surface area contributed by atoms with Crippen molar-refractivity contribution in [2.24, 2.45) is 5.92 Å². The molecule has 1 saturated heterocycles. The van der Waals surface area contributed by atoms with Gasteiger partial charge in [-0.15, -0.1) is 0 Å². The second kappa shape index (κ2) is 8.79. The predicted octanol–water partition coefficient (Wildman–Crippen LogP) is 3.53. The van der Waals surface area contributed by atoms with Crippen molar-refractivity contribution >= 4 is 21.6 Å². The first-order valence-corrected chi connectivity index (χ1v) is 11.7. The summed E-state index contributed by atoms with van der Waals surface area (Å²) in [6.45, 7) is 3.78. The second-order valence-corrected chi connectivity index (χ2v) is 9.72. The maximum absolute atomic E-state index is 13.4. The van der Waals surface area contributed by atoms with Gasteiger partial charge >= 0.3 is 0 Å². The second-order valence-electron chi connectivity index (χ2n) is 7.82. The number of hydrogen-bond donors (Lipinski definition) is 1. The highest BCUT2D eigenvalue weighted by molar-refractivity contribution is 7.89. The number of halogens is 1. The molecule has 2 heterocycles. The van der Waals surface area contributed by atoms with Crippen LogP contribution in [0.25, 0.3) is 11.4 Å². The van der Waals surface area contributed by atoms with Gasteiger partial charge in [-0.25, -0.2) is 12.8 Å². The Balaban J connectivity index is 1.55. The fourth-order valence-corrected chi connectivity index (χ4v) is 5.50. The Morgan fingerprint density at radius 2 is 1.94 bits per heavy atom. The summed E-state index contributed by atoms with van der Waals surface area (Å²) in [5, 5.41) is 6.60. The molecule has 1 aliphatic heterocycles. The Kier molecular flexibility index (Phi) is 6.07. The summed E-state index contributed by atoms with van der Waals surface area (Å²) in [6.07, 6.45) is 1.13. The van der Waals surface area contributed by atoms with E-state index in [1.165, 1.54) is 34.6 Å². The Bertz CT molecular complexity index is 1240. The summed E-state index contributed by atoms with van der Waals surface area (Å²) in [7, 11) is -3.84. The van der Waals surface area contributed by atoms with Crippen molar-refractivity contribution in [3.05, 3.63) is 59.7 Å². The van der Waals surface area contributed by atoms with Gasteiger partial charge in [0.25, 0.3) is 0 Å². The average molecular weight is 459 g/mol. The van der Waals surface area contributed by atoms with Crippen molar-refractivity contribution in [3.63, 3.8) is 0 Å². The van der Waals surface area contributed by atoms with Crippen LogP contribution in [0.4, 0.5) is 10.1 Å². The first kappa shape index (κ1) is 22.1. The Hall–Kier alpha value is -3.11. The molecule has 0 aliphatic carbocycles. The van der Waals surface area contributed by atoms with Crippen LogP contribution in [0.2, 0.25) is 0 Å². The summed E-state index contributed by atoms with van der Waals surface area (Å²) < 4.78 is 46.3. The molecule has 4 rings (SSSR count). The topological polar surface area (TPSA) is 105 Å². The molecule has 168 valence electrons. The smallest absolute Gasteiger partial charge is 0.243 e. The van der Waals surface area contributed by atoms with E-state index in [1.54, 1.807) is 26.0 Å². The Morgan fingerprint density at radius 1 is 1.19 bits per heavy atom. The van der Waals surface area contributed by atoms with E-state index in [1.807, 2.05) is 0 Å². The molecule has 32 heavy (non-hydrogen) atoms. The third kappa shape index (κ3) is 4.56. The lowest BCUT2D eigenvalue weighted by Gasteiger charge is -2.31. The fraction of sp³-hybridized carbons (Fsp3) is 0.318. The number of rotatable bonds is 5. The fourth-order valence-electron chi connectivity index (χ4n) is 3.72. The van der Waals surface area contributed by atoms with Gasteiger partial charge in [0.15, 0.2) is 0 Å². The molecule has 3 aromatic rings. The van der Waals surface area contributed by atoms with Crippen LogP contribution in [0.3, 0.4) is 0 Å². The number of amides is 1. The molecular formula is C22H23FN4O4S. The molecule has 1 N–H and O–H groups in total. The molecule has 8 nitrogen and oxygen atoms in total. The van der Waals surface area contributed by atoms with Crippen molar-refractivity contribution in [1.82, 2.24) is 14.4 Å². The molecular weight excluding hydrogens is 435 g/mol. The van der Waals surface area contributed by atoms with Gasteiger partial charge in [0.05, 0.1) is 10.8 Å². The van der Waals surface area contributed by atoms with Crippen molar-refractivity contribution in [2.75, 3.05) is 18.4 Å². The minimum Gasteiger partial charge on any atom is -0.339 e. The van der Waals surface area contributed by atoms with E-state index in [2.05, 4.69) is 15.5 Å². The maximum atomic E-state index is 13.4. The van der Waals surface area contributed by atoms with Gasteiger partial charge in [0.2, 0.25) is 27.6 Å². The largest absolute Gasteiger partial charge is 0.339 e. The number of hydrogen-bond acceptors (Lipinski definition) is 6. The van der Waals surface area contributed by atoms with E-state index in [0.717, 1.165) is 0 Å². The van der Waals surface area contributed by atoms with Crippen LogP contribution in [0.1, 0.15) is 24.3 Å². The highest BCUT2D eigenvalue weighted by Crippen LogP contribution is 2.29. The summed E-state index contributed by atoms with van der Waals surface area (Å²) in [5.41, 5.74) is 1.59. The molecule has 1 aliphatic rings. The van der Waals surface area contributed by atoms with Crippen LogP contribution in [0.5, 0.6) is 0 Å². The number of nitrogens with one attached hydrogen (secondary N) is 1. The number of anilines is 1. The van der Waals surface area contributed by atoms with Gasteiger partial charge in [-0.1, -0.05) is 17.3 Å². The van der Waals surface area contributed by atoms with Gasteiger partial charge in [0.1, 0.15) is 5.82 Å². The van der Waals surface area contributed by atoms with E-state index in [-0.39, 0.29) is 17.3 Å². The van der Waals surface area contributed by atoms with E-state index in [0.29, 0.717) is 47.9 Å². The Morgan fingerprint density at radius 3 is 2.62 bits per heavy atom. The highest BCUT2D eigenvalue weighted by Gasteiger charge is 2.34. The molecule has 1 fully saturated rings. The monoisotopic (exact) mass is 458 g/mol. The third-order valence-corrected chi connectivity index (χ3v) is 7.47. The van der Waals surface area contributed by atoms with Crippen LogP contribution in [0, 0.1) is 25.6 Å². The summed E-state index contributed by atoms with van der Waals surface area (Å²) in [4.78, 5) is 17.0. The van der Waals surface area contributed by atoms with Gasteiger partial charge in [-0.3, -0.25) is 4.79 Å². The number of carbonyl (C=O) groups is 1. The molecule has 10 heteroatoms. The summed E-state index contributed by atoms with van der Waals surface area (Å²) in [6, 6.07) is 10.4. The zero-order valence-corrected chi connectivity index (χ0v) is 18.5. The summed E-state index contributed by atoms with van der Waals surface area (Å²) in [5.74, 6) is -0.493. The van der Waals surface area contributed by atoms with E-state index in [4.69, 9.17) is 4.52 Å². The number of aryl methyl sites for hydroxylation is 2. The van der Waals surface area contributed by atoms with Crippen molar-refractivity contribution in [1.29, 1.82) is 0 Å². The maximum Gasteiger partial charge on any atom is 0.243 e. The molecule has 2 aromatic carbocycles. The number of piperidine rings is 1. The highest BCUT2D eigenvalue weighted by atomic mass is 32.2. The van der Waals surface area contributed by atoms with Crippen molar-refractivity contribution in [3.8, 4) is 11.4 Å². The van der Waals surface area contributed by atoms with Gasteiger partial charge in [0, 0.05) is 31.3 Å². The first-order chi connectivity index (χ1) is 15.2. The van der Waals surface area contributed by atoms with E-state index < -0.39 is 21.8 Å². The summed E-state index contributed by atoms with van der Waals surface area (Å²) >= 11 is 0. The number of nitrogens with zero attached hydrogens (tertiary/aromatic N) is 3. The van der Waals surface area contributed by atoms with Crippen LogP contribution in [-0.4, -0.2) is 41.9 Å². The first-order valence-electron chi connectivity index (χ1n) is 10.2. The Labute approximate surface area is 185 Å². The lowest BCUT2D eigenvalue weighted by atomic mass is 9.99. The number of sulfonamides is 1. The number of benzene rings is 2. The quantitative estimate of drug-likeness (QED) is 0.627. The van der Waals surface area contributed by atoms with Crippen LogP contribution in [0.15, 0.2) is 51.9 Å². The molecule has 0 saturated carbocycles. The lowest BCUT2D eigenvalue weighted by molar-refractivity contribution is -0.120. The van der Waals surface area contributed by atoms with Gasteiger partial charge in [-0.05, 0) is 55.7 Å². The molecule has 1 atom stereocenters. The molecule has 0 spiro atoms. The molecule has 0 bridgehead atoms. The number of carbonyl (C=O) groups excluding carboxylic acids is 1. The van der Waals surface area contributed by atoms with Crippen molar-refractivity contribution in [2.45, 2.75) is 31.6 Å². The molecule has 0 radical (unpaired) electrons. The predicted molar refractivity (Wildman–Crippen MR) is 116 cm³/mol. The minimum absolute atomic E-state index is 0.0698. The third-order valence-electron chi connectivity index (χ3n) is 5.46. The molecule has 1 amide bonds. The van der Waals surface area contributed by atoms with Gasteiger partial charge < -0.3 is 9.84 Å². The van der Waals surface area contributed by atoms with Gasteiger partial charge in [-0.2, -0.15) is 9.29 Å². The van der Waals surface area contributed by atoms with Crippen molar-refractivity contribution < 1.29 is 22.1 Å². The standard InChI is InChI=1S/C22H23FN4O4S/c1-14-5-6-16(21-24-15(2)31-26-21)12-20(14)32(29,30)27-11-3-4-17(13-27)22(28)25-19-9-7-18(23)8-10-19/h5-10,12,17H,3-4,11,13H2,1-2H3,(H,25,28)/t17-/m0/s1. The normalized spacial score (nSPS) is 17.3. The zero-order chi connectivity index (χ0) is 22.9. The molecule has 0 unspecified atom stereocenters. The van der Waals surface area contributed by atoms with Crippen LogP contribution < -0.4 is 5.32 Å². The average Bonchev–Trinajstić information content (AvgIpc) is 3.22. The van der Waals surface area contributed by atoms with Crippen LogP contribution >= 0.6 is 0 Å². The van der Waals surface area contributed by atoms with E-state index >= 15 is 0 Å². The van der Waals surface area contributed by atoms with Crippen LogP contribution in [-0.2, 0) is 14.8 Å². The number of aromatic nitrogens is 2. The SMILES string of the molecule is Cc1nc(-c2ccc(C)c(S(=O)(=O)N3CCC[C@H](C(=O)Nc4ccc(F)cc4)C3)c2)no1. The van der Waals surface area contributed by atoms with E-state index in [9.17, 15) is 17.6 Å². The minimum atomic E-state index is -3.84. The zero-order valence-electron chi connectivity index (χ0n) is 17.7.